The Hall–Kier alpha value is -2.62. The third-order valence-corrected chi connectivity index (χ3v) is 3.76. The van der Waals surface area contributed by atoms with Crippen LogP contribution in [0.3, 0.4) is 0 Å². The maximum Gasteiger partial charge on any atom is 0.238 e. The van der Waals surface area contributed by atoms with Gasteiger partial charge in [0.25, 0.3) is 0 Å². The largest absolute Gasteiger partial charge is 0.403 e. The molecule has 0 aliphatic carbocycles. The number of hydrogen-bond donors (Lipinski definition) is 2. The zero-order valence-electron chi connectivity index (χ0n) is 12.5. The van der Waals surface area contributed by atoms with E-state index in [2.05, 4.69) is 15.3 Å². The topological polar surface area (TPSA) is 105 Å². The van der Waals surface area contributed by atoms with Crippen LogP contribution in [0.4, 0.5) is 0 Å². The van der Waals surface area contributed by atoms with Gasteiger partial charge < -0.3 is 11.1 Å². The number of nitrogens with one attached hydrogen (secondary N) is 1. The van der Waals surface area contributed by atoms with Crippen LogP contribution >= 0.6 is 23.2 Å². The van der Waals surface area contributed by atoms with Gasteiger partial charge in [-0.15, -0.1) is 0 Å². The zero-order chi connectivity index (χ0) is 17.5. The van der Waals surface area contributed by atoms with E-state index in [1.54, 1.807) is 30.6 Å². The molecule has 0 fully saturated rings. The summed E-state index contributed by atoms with van der Waals surface area (Å²) in [5, 5.41) is 12.0. The number of benzene rings is 1. The number of carbonyl (C=O) groups excluding carboxylic acids is 1. The molecular weight excluding hydrogens is 349 g/mol. The van der Waals surface area contributed by atoms with Crippen molar-refractivity contribution in [3.8, 4) is 6.07 Å². The second kappa shape index (κ2) is 8.29. The first-order valence-corrected chi connectivity index (χ1v) is 7.63. The minimum atomic E-state index is -0.474. The molecule has 2 aromatic rings. The number of nitrogens with two attached hydrogens (primary N) is 1. The van der Waals surface area contributed by atoms with Crippen LogP contribution < -0.4 is 11.1 Å². The third-order valence-electron chi connectivity index (χ3n) is 3.02. The maximum atomic E-state index is 11.4. The van der Waals surface area contributed by atoms with Gasteiger partial charge in [-0.3, -0.25) is 4.79 Å². The van der Waals surface area contributed by atoms with Crippen LogP contribution in [-0.4, -0.2) is 15.9 Å². The van der Waals surface area contributed by atoms with Gasteiger partial charge in [-0.1, -0.05) is 29.3 Å². The molecule has 1 aromatic carbocycles. The summed E-state index contributed by atoms with van der Waals surface area (Å²) in [6.07, 6.45) is 4.76. The van der Waals surface area contributed by atoms with Gasteiger partial charge in [-0.25, -0.2) is 9.97 Å². The maximum absolute atomic E-state index is 11.4. The van der Waals surface area contributed by atoms with E-state index in [0.717, 1.165) is 11.1 Å². The number of amides is 1. The van der Waals surface area contributed by atoms with Gasteiger partial charge in [0.2, 0.25) is 5.91 Å². The molecule has 6 nitrogen and oxygen atoms in total. The highest BCUT2D eigenvalue weighted by molar-refractivity contribution is 6.42. The quantitative estimate of drug-likeness (QED) is 0.851. The summed E-state index contributed by atoms with van der Waals surface area (Å²) in [7, 11) is 0. The molecule has 0 radical (unpaired) electrons. The number of nitrogens with zero attached hydrogens (tertiary/aromatic N) is 3. The lowest BCUT2D eigenvalue weighted by Gasteiger charge is -2.07. The Morgan fingerprint density at radius 1 is 1.25 bits per heavy atom. The number of carbonyl (C=O) groups is 1. The lowest BCUT2D eigenvalue weighted by atomic mass is 10.1. The number of rotatable bonds is 5. The van der Waals surface area contributed by atoms with E-state index in [0.29, 0.717) is 16.5 Å². The van der Waals surface area contributed by atoms with E-state index in [1.807, 2.05) is 6.07 Å². The van der Waals surface area contributed by atoms with Crippen LogP contribution in [0.25, 0.3) is 5.70 Å². The lowest BCUT2D eigenvalue weighted by Crippen LogP contribution is -2.23. The van der Waals surface area contributed by atoms with Crippen molar-refractivity contribution in [1.29, 1.82) is 5.26 Å². The predicted octanol–water partition coefficient (Wildman–Crippen LogP) is 2.66. The second-order valence-corrected chi connectivity index (χ2v) is 5.62. The monoisotopic (exact) mass is 361 g/mol. The number of nitriles is 1. The summed E-state index contributed by atoms with van der Waals surface area (Å²) in [5.74, 6) is -0.209. The zero-order valence-corrected chi connectivity index (χ0v) is 14.0. The fourth-order valence-corrected chi connectivity index (χ4v) is 2.23. The van der Waals surface area contributed by atoms with Gasteiger partial charge in [0.15, 0.2) is 5.82 Å². The van der Waals surface area contributed by atoms with E-state index >= 15 is 0 Å². The molecule has 1 heterocycles. The Morgan fingerprint density at radius 3 is 2.54 bits per heavy atom. The first-order chi connectivity index (χ1) is 11.5. The molecular formula is C16H13Cl2N5O. The Morgan fingerprint density at radius 2 is 1.96 bits per heavy atom. The van der Waals surface area contributed by atoms with Crippen molar-refractivity contribution in [2.45, 2.75) is 12.8 Å². The molecule has 2 rings (SSSR count). The highest BCUT2D eigenvalue weighted by Gasteiger charge is 2.09. The molecule has 0 spiro atoms. The van der Waals surface area contributed by atoms with Crippen molar-refractivity contribution >= 4 is 34.8 Å². The Bertz CT molecular complexity index is 812. The van der Waals surface area contributed by atoms with Gasteiger partial charge >= 0.3 is 0 Å². The fraction of sp³-hybridized carbons (Fsp3) is 0.125. The summed E-state index contributed by atoms with van der Waals surface area (Å²) < 4.78 is 0. The highest BCUT2D eigenvalue weighted by atomic mass is 35.5. The van der Waals surface area contributed by atoms with Gasteiger partial charge in [0, 0.05) is 25.0 Å². The minimum absolute atomic E-state index is 0.247. The molecule has 3 N–H and O–H groups in total. The third kappa shape index (κ3) is 4.69. The summed E-state index contributed by atoms with van der Waals surface area (Å²) in [4.78, 5) is 19.8. The van der Waals surface area contributed by atoms with E-state index in [9.17, 15) is 4.79 Å². The molecule has 0 atom stereocenters. The van der Waals surface area contributed by atoms with Gasteiger partial charge in [0.1, 0.15) is 12.1 Å². The van der Waals surface area contributed by atoms with E-state index in [4.69, 9.17) is 34.2 Å². The Balaban J connectivity index is 2.10. The summed E-state index contributed by atoms with van der Waals surface area (Å²) >= 11 is 11.9. The van der Waals surface area contributed by atoms with Crippen molar-refractivity contribution < 1.29 is 4.79 Å². The van der Waals surface area contributed by atoms with E-state index in [-0.39, 0.29) is 17.9 Å². The first-order valence-electron chi connectivity index (χ1n) is 6.87. The molecule has 0 aliphatic rings. The normalized spacial score (nSPS) is 11.0. The average Bonchev–Trinajstić information content (AvgIpc) is 2.57. The van der Waals surface area contributed by atoms with Crippen LogP contribution in [0.15, 0.2) is 36.8 Å². The number of hydrogen-bond acceptors (Lipinski definition) is 5. The lowest BCUT2D eigenvalue weighted by molar-refractivity contribution is -0.118. The molecule has 0 saturated heterocycles. The first kappa shape index (κ1) is 17.7. The number of halogens is 2. The van der Waals surface area contributed by atoms with Crippen LogP contribution in [0.5, 0.6) is 0 Å². The summed E-state index contributed by atoms with van der Waals surface area (Å²) in [6.45, 7) is 0. The number of aromatic nitrogens is 2. The van der Waals surface area contributed by atoms with Gasteiger partial charge in [-0.05, 0) is 23.3 Å². The molecule has 0 bridgehead atoms. The summed E-state index contributed by atoms with van der Waals surface area (Å²) in [6, 6.07) is 7.14. The Kier molecular flexibility index (Phi) is 6.13. The highest BCUT2D eigenvalue weighted by Crippen LogP contribution is 2.23. The minimum Gasteiger partial charge on any atom is -0.403 e. The molecule has 0 aliphatic heterocycles. The molecule has 0 saturated carbocycles. The van der Waals surface area contributed by atoms with Crippen molar-refractivity contribution in [2.24, 2.45) is 5.73 Å². The average molecular weight is 362 g/mol. The molecule has 1 aromatic heterocycles. The molecule has 122 valence electrons. The van der Waals surface area contributed by atoms with Crippen molar-refractivity contribution in [3.63, 3.8) is 0 Å². The van der Waals surface area contributed by atoms with Crippen LogP contribution in [0, 0.1) is 11.3 Å². The smallest absolute Gasteiger partial charge is 0.238 e. The SMILES string of the molecule is N#CCC(=O)N/C(=C/N)c1ncc(Cc2ccc(Cl)c(Cl)c2)cn1. The second-order valence-electron chi connectivity index (χ2n) is 4.80. The van der Waals surface area contributed by atoms with E-state index in [1.165, 1.54) is 6.20 Å². The van der Waals surface area contributed by atoms with Crippen molar-refractivity contribution in [2.75, 3.05) is 0 Å². The van der Waals surface area contributed by atoms with Crippen molar-refractivity contribution in [1.82, 2.24) is 15.3 Å². The van der Waals surface area contributed by atoms with Crippen molar-refractivity contribution in [3.05, 3.63) is 63.8 Å². The molecule has 0 unspecified atom stereocenters. The van der Waals surface area contributed by atoms with Gasteiger partial charge in [-0.2, -0.15) is 5.26 Å². The fourth-order valence-electron chi connectivity index (χ4n) is 1.91. The standard InChI is InChI=1S/C16H13Cl2N5O/c17-12-2-1-10(6-13(12)18)5-11-8-21-16(22-9-11)14(7-20)23-15(24)3-4-19/h1-2,6-9H,3,5,20H2,(H,23,24)/b14-7+. The van der Waals surface area contributed by atoms with Crippen LogP contribution in [-0.2, 0) is 11.2 Å². The Labute approximate surface area is 148 Å². The van der Waals surface area contributed by atoms with Gasteiger partial charge in [0.05, 0.1) is 16.1 Å². The van der Waals surface area contributed by atoms with Crippen LogP contribution in [0.2, 0.25) is 10.0 Å². The summed E-state index contributed by atoms with van der Waals surface area (Å²) in [5.41, 5.74) is 7.55. The predicted molar refractivity (Wildman–Crippen MR) is 91.8 cm³/mol. The van der Waals surface area contributed by atoms with Crippen LogP contribution in [0.1, 0.15) is 23.4 Å². The molecule has 1 amide bonds. The molecule has 8 heteroatoms. The van der Waals surface area contributed by atoms with E-state index < -0.39 is 5.91 Å². The molecule has 24 heavy (non-hydrogen) atoms.